The summed E-state index contributed by atoms with van der Waals surface area (Å²) in [4.78, 5) is 40.6. The predicted octanol–water partition coefficient (Wildman–Crippen LogP) is 8.89. The molecule has 0 spiro atoms. The molecule has 1 aromatic heterocycles. The Morgan fingerprint density at radius 3 is 2.56 bits per heavy atom. The molecule has 4 aliphatic rings. The first kappa shape index (κ1) is 40.6. The number of benzene rings is 2. The number of ether oxygens (including phenoxy) is 2. The highest BCUT2D eigenvalue weighted by Gasteiger charge is 2.60. The van der Waals surface area contributed by atoms with Gasteiger partial charge in [-0.15, -0.1) is 0 Å². The lowest BCUT2D eigenvalue weighted by atomic mass is 9.44. The van der Waals surface area contributed by atoms with Crippen LogP contribution in [-0.2, 0) is 25.5 Å². The maximum Gasteiger partial charge on any atom is 0.305 e. The van der Waals surface area contributed by atoms with E-state index < -0.39 is 10.8 Å². The van der Waals surface area contributed by atoms with E-state index in [1.807, 2.05) is 30.3 Å². The van der Waals surface area contributed by atoms with E-state index in [1.165, 1.54) is 44.6 Å². The molecule has 7 rings (SSSR count). The molecular weight excluding hydrogens is 727 g/mol. The number of amides is 1. The van der Waals surface area contributed by atoms with Crippen molar-refractivity contribution in [1.82, 2.24) is 15.6 Å². The SMILES string of the molecule is C[C@H](CCC(=O)OCCOCCN=[N+]=[N-])C1CC[C@H]2[C@@H]3CC[C@@H]4C[C@H](NC(=O)[C@@H](Cc5ccc([N+](=O)[O-])c6nonc56)c5ccccc5)CC[C@]4(C)[C@H]3CC[C@]12C. The minimum atomic E-state index is -0.502. The third-order valence-corrected chi connectivity index (χ3v) is 15.1. The van der Waals surface area contributed by atoms with Crippen molar-refractivity contribution in [1.29, 1.82) is 0 Å². The van der Waals surface area contributed by atoms with Gasteiger partial charge in [-0.2, -0.15) is 0 Å². The van der Waals surface area contributed by atoms with Gasteiger partial charge in [-0.3, -0.25) is 19.7 Å². The molecule has 14 heteroatoms. The Bertz CT molecular complexity index is 1950. The van der Waals surface area contributed by atoms with Gasteiger partial charge >= 0.3 is 11.7 Å². The van der Waals surface area contributed by atoms with Crippen LogP contribution in [0.1, 0.15) is 108 Å². The highest BCUT2D eigenvalue weighted by atomic mass is 16.6. The number of hydrogen-bond donors (Lipinski definition) is 1. The number of nitro benzene ring substituents is 1. The van der Waals surface area contributed by atoms with Crippen molar-refractivity contribution >= 4 is 28.6 Å². The summed E-state index contributed by atoms with van der Waals surface area (Å²) in [5.74, 6) is 3.05. The van der Waals surface area contributed by atoms with Gasteiger partial charge in [-0.1, -0.05) is 56.2 Å². The summed E-state index contributed by atoms with van der Waals surface area (Å²) in [5, 5.41) is 26.3. The zero-order valence-corrected chi connectivity index (χ0v) is 33.5. The molecule has 0 saturated heterocycles. The van der Waals surface area contributed by atoms with Gasteiger partial charge in [-0.25, -0.2) is 4.63 Å². The lowest BCUT2D eigenvalue weighted by molar-refractivity contribution is -0.383. The molecule has 306 valence electrons. The van der Waals surface area contributed by atoms with Crippen LogP contribution in [0.5, 0.6) is 0 Å². The Hall–Kier alpha value is -4.55. The van der Waals surface area contributed by atoms with Gasteiger partial charge in [0.05, 0.1) is 24.1 Å². The van der Waals surface area contributed by atoms with Gasteiger partial charge in [0.15, 0.2) is 0 Å². The Labute approximate surface area is 333 Å². The maximum atomic E-state index is 14.2. The van der Waals surface area contributed by atoms with E-state index in [0.717, 1.165) is 37.2 Å². The minimum absolute atomic E-state index is 0.0350. The van der Waals surface area contributed by atoms with Crippen molar-refractivity contribution in [3.8, 4) is 0 Å². The van der Waals surface area contributed by atoms with Crippen LogP contribution in [0.2, 0.25) is 0 Å². The summed E-state index contributed by atoms with van der Waals surface area (Å²) in [7, 11) is 0. The molecule has 14 nitrogen and oxygen atoms in total. The Morgan fingerprint density at radius 2 is 1.77 bits per heavy atom. The van der Waals surface area contributed by atoms with Gasteiger partial charge in [0.2, 0.25) is 11.4 Å². The van der Waals surface area contributed by atoms with Crippen LogP contribution in [0.25, 0.3) is 21.5 Å². The van der Waals surface area contributed by atoms with Crippen molar-refractivity contribution in [2.45, 2.75) is 110 Å². The summed E-state index contributed by atoms with van der Waals surface area (Å²) in [6, 6.07) is 12.9. The number of carbonyl (C=O) groups excluding carboxylic acids is 2. The average Bonchev–Trinajstić information content (AvgIpc) is 3.84. The number of azide groups is 1. The lowest BCUT2D eigenvalue weighted by Crippen LogP contribution is -2.55. The summed E-state index contributed by atoms with van der Waals surface area (Å²) in [6.45, 7) is 8.55. The molecule has 10 atom stereocenters. The predicted molar refractivity (Wildman–Crippen MR) is 213 cm³/mol. The van der Waals surface area contributed by atoms with Crippen LogP contribution in [0.15, 0.2) is 52.2 Å². The van der Waals surface area contributed by atoms with E-state index in [0.29, 0.717) is 72.1 Å². The molecule has 4 fully saturated rings. The second-order valence-corrected chi connectivity index (χ2v) is 17.8. The zero-order valence-electron chi connectivity index (χ0n) is 33.5. The van der Waals surface area contributed by atoms with Crippen molar-refractivity contribution in [3.05, 3.63) is 74.1 Å². The van der Waals surface area contributed by atoms with E-state index in [1.54, 1.807) is 6.07 Å². The smallest absolute Gasteiger partial charge is 0.305 e. The van der Waals surface area contributed by atoms with Crippen molar-refractivity contribution < 1.29 is 28.6 Å². The maximum absolute atomic E-state index is 14.2. The van der Waals surface area contributed by atoms with Gasteiger partial charge in [-0.05, 0) is 150 Å². The molecule has 0 radical (unpaired) electrons. The lowest BCUT2D eigenvalue weighted by Gasteiger charge is -2.61. The number of nitrogens with one attached hydrogen (secondary N) is 1. The van der Waals surface area contributed by atoms with Gasteiger partial charge in [0, 0.05) is 30.0 Å². The summed E-state index contributed by atoms with van der Waals surface area (Å²) >= 11 is 0. The van der Waals surface area contributed by atoms with Crippen LogP contribution in [-0.4, -0.2) is 59.5 Å². The standard InChI is InChI=1S/C43H57N7O7/c1-27(9-16-38(51)56-24-23-55-22-21-45-49-44)34-13-14-35-32-12-11-30-26-31(17-19-42(30,2)36(32)18-20-43(34,35)3)46-41(52)33(28-7-5-4-6-8-28)25-29-10-15-37(50(53)54)40-39(29)47-57-48-40/h4-8,10,15,27,30-36H,9,11-14,16-26H2,1-3H3,(H,46,52)/t27-,30-,31-,32+,33+,34?,35+,36+,42+,43-/m1/s1. The zero-order chi connectivity index (χ0) is 40.2. The van der Waals surface area contributed by atoms with E-state index >= 15 is 0 Å². The van der Waals surface area contributed by atoms with E-state index in [9.17, 15) is 19.7 Å². The van der Waals surface area contributed by atoms with Crippen LogP contribution < -0.4 is 5.32 Å². The number of hydrogen-bond acceptors (Lipinski definition) is 10. The van der Waals surface area contributed by atoms with Crippen molar-refractivity contribution in [2.24, 2.45) is 51.5 Å². The van der Waals surface area contributed by atoms with E-state index in [4.69, 9.17) is 19.6 Å². The first-order valence-electron chi connectivity index (χ1n) is 21.0. The molecule has 1 unspecified atom stereocenters. The fraction of sp³-hybridized carbons (Fsp3) is 0.674. The number of nitrogens with zero attached hydrogens (tertiary/aromatic N) is 6. The third kappa shape index (κ3) is 8.39. The fourth-order valence-electron chi connectivity index (χ4n) is 12.2. The number of nitro groups is 1. The molecule has 3 aromatic rings. The number of fused-ring (bicyclic) bond motifs is 6. The second-order valence-electron chi connectivity index (χ2n) is 17.8. The largest absolute Gasteiger partial charge is 0.463 e. The van der Waals surface area contributed by atoms with Crippen LogP contribution in [0.3, 0.4) is 0 Å². The van der Waals surface area contributed by atoms with Crippen LogP contribution in [0, 0.1) is 56.5 Å². The average molecular weight is 784 g/mol. The highest BCUT2D eigenvalue weighted by Crippen LogP contribution is 2.68. The summed E-state index contributed by atoms with van der Waals surface area (Å²) in [5.41, 5.74) is 10.7. The molecule has 1 N–H and O–H groups in total. The summed E-state index contributed by atoms with van der Waals surface area (Å²) in [6.07, 6.45) is 12.1. The molecule has 57 heavy (non-hydrogen) atoms. The summed E-state index contributed by atoms with van der Waals surface area (Å²) < 4.78 is 15.7. The third-order valence-electron chi connectivity index (χ3n) is 15.1. The number of rotatable bonds is 16. The van der Waals surface area contributed by atoms with E-state index in [2.05, 4.69) is 46.4 Å². The first-order valence-corrected chi connectivity index (χ1v) is 21.0. The minimum Gasteiger partial charge on any atom is -0.463 e. The Balaban J connectivity index is 0.947. The monoisotopic (exact) mass is 783 g/mol. The molecule has 2 aromatic carbocycles. The molecule has 1 amide bonds. The Morgan fingerprint density at radius 1 is 1.00 bits per heavy atom. The number of esters is 1. The molecular formula is C43H57N7O7. The quantitative estimate of drug-likeness (QED) is 0.0281. The second kappa shape index (κ2) is 17.5. The van der Waals surface area contributed by atoms with Gasteiger partial charge < -0.3 is 14.8 Å². The normalized spacial score (nSPS) is 30.2. The molecule has 0 aliphatic heterocycles. The molecule has 4 aliphatic carbocycles. The van der Waals surface area contributed by atoms with Crippen LogP contribution in [0.4, 0.5) is 5.69 Å². The first-order chi connectivity index (χ1) is 27.5. The number of carbonyl (C=O) groups is 2. The van der Waals surface area contributed by atoms with Crippen molar-refractivity contribution in [2.75, 3.05) is 26.4 Å². The van der Waals surface area contributed by atoms with Gasteiger partial charge in [0.25, 0.3) is 0 Å². The Kier molecular flexibility index (Phi) is 12.5. The van der Waals surface area contributed by atoms with Gasteiger partial charge in [0.1, 0.15) is 12.1 Å². The highest BCUT2D eigenvalue weighted by molar-refractivity contribution is 5.88. The van der Waals surface area contributed by atoms with Crippen molar-refractivity contribution in [3.63, 3.8) is 0 Å². The fourth-order valence-corrected chi connectivity index (χ4v) is 12.2. The molecule has 0 bridgehead atoms. The molecule has 1 heterocycles. The topological polar surface area (TPSA) is 195 Å². The van der Waals surface area contributed by atoms with E-state index in [-0.39, 0.29) is 47.7 Å². The van der Waals surface area contributed by atoms with Crippen LogP contribution >= 0.6 is 0 Å². The number of aromatic nitrogens is 2. The molecule has 4 saturated carbocycles. The number of non-ortho nitro benzene ring substituents is 1.